The fourth-order valence-corrected chi connectivity index (χ4v) is 3.54. The topological polar surface area (TPSA) is 61.9 Å². The molecule has 3 rings (SSSR count). The molecule has 0 aliphatic carbocycles. The molecule has 1 aliphatic rings. The lowest BCUT2D eigenvalue weighted by Gasteiger charge is -2.27. The van der Waals surface area contributed by atoms with Crippen molar-refractivity contribution >= 4 is 23.3 Å². The quantitative estimate of drug-likeness (QED) is 0.579. The van der Waals surface area contributed by atoms with Gasteiger partial charge < -0.3 is 11.1 Å². The van der Waals surface area contributed by atoms with Gasteiger partial charge in [0.2, 0.25) is 0 Å². The van der Waals surface area contributed by atoms with Gasteiger partial charge in [-0.2, -0.15) is 0 Å². The zero-order valence-electron chi connectivity index (χ0n) is 10.4. The number of hydrogen-bond donors (Lipinski definition) is 3. The van der Waals surface area contributed by atoms with Crippen molar-refractivity contribution in [3.8, 4) is 0 Å². The van der Waals surface area contributed by atoms with Crippen molar-refractivity contribution in [1.82, 2.24) is 0 Å². The van der Waals surface area contributed by atoms with Crippen LogP contribution in [0.5, 0.6) is 0 Å². The van der Waals surface area contributed by atoms with Gasteiger partial charge in [-0.1, -0.05) is 36.4 Å². The van der Waals surface area contributed by atoms with Crippen molar-refractivity contribution in [2.45, 2.75) is 10.1 Å². The van der Waals surface area contributed by atoms with Crippen LogP contribution < -0.4 is 11.1 Å². The first-order chi connectivity index (χ1) is 9.25. The number of para-hydroxylation sites is 1. The van der Waals surface area contributed by atoms with Gasteiger partial charge in [0.25, 0.3) is 0 Å². The van der Waals surface area contributed by atoms with Crippen molar-refractivity contribution < 1.29 is 0 Å². The lowest BCUT2D eigenvalue weighted by atomic mass is 10.0. The number of nitrogens with one attached hydrogen (secondary N) is 2. The summed E-state index contributed by atoms with van der Waals surface area (Å²) in [5, 5.41) is 11.4. The summed E-state index contributed by atoms with van der Waals surface area (Å²) in [5.41, 5.74) is 8.82. The molecule has 2 aromatic rings. The summed E-state index contributed by atoms with van der Waals surface area (Å²) in [5.74, 6) is 0.134. The standard InChI is InChI=1S/C15H15N3S/c16-15(17)11-6-2-1-5-10(11)14-9-18-12-7-3-4-8-13(12)19-14/h1-8,14,18H,9H2,(H3,16,17). The van der Waals surface area contributed by atoms with Crippen LogP contribution in [0.2, 0.25) is 0 Å². The number of benzene rings is 2. The molecule has 1 heterocycles. The van der Waals surface area contributed by atoms with Crippen molar-refractivity contribution in [3.05, 3.63) is 59.7 Å². The van der Waals surface area contributed by atoms with Gasteiger partial charge in [-0.25, -0.2) is 0 Å². The summed E-state index contributed by atoms with van der Waals surface area (Å²) in [6.07, 6.45) is 0. The third-order valence-corrected chi connectivity index (χ3v) is 4.55. The minimum atomic E-state index is 0.134. The first kappa shape index (κ1) is 12.1. The van der Waals surface area contributed by atoms with E-state index in [-0.39, 0.29) is 11.1 Å². The summed E-state index contributed by atoms with van der Waals surface area (Å²) in [4.78, 5) is 1.25. The van der Waals surface area contributed by atoms with Gasteiger partial charge in [-0.3, -0.25) is 5.41 Å². The SMILES string of the molecule is N=C(N)c1ccccc1C1CNc2ccccc2S1. The Morgan fingerprint density at radius 3 is 2.74 bits per heavy atom. The van der Waals surface area contributed by atoms with E-state index in [1.165, 1.54) is 10.6 Å². The Morgan fingerprint density at radius 2 is 1.89 bits per heavy atom. The average molecular weight is 269 g/mol. The predicted molar refractivity (Wildman–Crippen MR) is 81.0 cm³/mol. The molecule has 0 fully saturated rings. The van der Waals surface area contributed by atoms with Crippen LogP contribution in [0.15, 0.2) is 53.4 Å². The monoisotopic (exact) mass is 269 g/mol. The lowest BCUT2D eigenvalue weighted by Crippen LogP contribution is -2.20. The second-order valence-corrected chi connectivity index (χ2v) is 5.73. The molecule has 2 aromatic carbocycles. The fraction of sp³-hybridized carbons (Fsp3) is 0.133. The van der Waals surface area contributed by atoms with Gasteiger partial charge in [-0.05, 0) is 17.7 Å². The number of amidine groups is 1. The average Bonchev–Trinajstić information content (AvgIpc) is 2.46. The number of hydrogen-bond acceptors (Lipinski definition) is 3. The van der Waals surface area contributed by atoms with E-state index in [0.29, 0.717) is 0 Å². The van der Waals surface area contributed by atoms with Crippen LogP contribution in [-0.4, -0.2) is 12.4 Å². The third-order valence-electron chi connectivity index (χ3n) is 3.23. The van der Waals surface area contributed by atoms with E-state index in [1.807, 2.05) is 42.1 Å². The van der Waals surface area contributed by atoms with Crippen LogP contribution in [0.4, 0.5) is 5.69 Å². The van der Waals surface area contributed by atoms with Crippen LogP contribution in [0.25, 0.3) is 0 Å². The molecule has 0 aromatic heterocycles. The maximum absolute atomic E-state index is 7.69. The van der Waals surface area contributed by atoms with Crippen LogP contribution in [0.3, 0.4) is 0 Å². The van der Waals surface area contributed by atoms with Crippen LogP contribution >= 0.6 is 11.8 Å². The molecule has 0 bridgehead atoms. The molecule has 1 unspecified atom stereocenters. The molecule has 4 N–H and O–H groups in total. The molecule has 4 heteroatoms. The van der Waals surface area contributed by atoms with Crippen molar-refractivity contribution in [3.63, 3.8) is 0 Å². The highest BCUT2D eigenvalue weighted by Crippen LogP contribution is 2.43. The zero-order chi connectivity index (χ0) is 13.2. The van der Waals surface area contributed by atoms with Gasteiger partial charge in [0.05, 0.1) is 5.25 Å². The molecule has 96 valence electrons. The first-order valence-corrected chi connectivity index (χ1v) is 7.06. The van der Waals surface area contributed by atoms with Gasteiger partial charge >= 0.3 is 0 Å². The smallest absolute Gasteiger partial charge is 0.123 e. The zero-order valence-corrected chi connectivity index (χ0v) is 11.2. The van der Waals surface area contributed by atoms with E-state index in [9.17, 15) is 0 Å². The van der Waals surface area contributed by atoms with Gasteiger partial charge in [0.15, 0.2) is 0 Å². The highest BCUT2D eigenvalue weighted by Gasteiger charge is 2.22. The number of thioether (sulfide) groups is 1. The predicted octanol–water partition coefficient (Wildman–Crippen LogP) is 3.23. The van der Waals surface area contributed by atoms with E-state index in [0.717, 1.165) is 17.7 Å². The normalized spacial score (nSPS) is 17.4. The lowest BCUT2D eigenvalue weighted by molar-refractivity contribution is 0.960. The Labute approximate surface area is 116 Å². The Morgan fingerprint density at radius 1 is 1.16 bits per heavy atom. The van der Waals surface area contributed by atoms with Crippen molar-refractivity contribution in [2.24, 2.45) is 5.73 Å². The summed E-state index contributed by atoms with van der Waals surface area (Å²) in [7, 11) is 0. The Hall–Kier alpha value is -1.94. The summed E-state index contributed by atoms with van der Waals surface area (Å²) >= 11 is 1.83. The van der Waals surface area contributed by atoms with Crippen molar-refractivity contribution in [2.75, 3.05) is 11.9 Å². The molecule has 1 aliphatic heterocycles. The summed E-state index contributed by atoms with van der Waals surface area (Å²) in [6.45, 7) is 0.853. The molecule has 0 spiro atoms. The summed E-state index contributed by atoms with van der Waals surface area (Å²) < 4.78 is 0. The molecular formula is C15H15N3S. The maximum Gasteiger partial charge on any atom is 0.123 e. The Balaban J connectivity index is 1.95. The highest BCUT2D eigenvalue weighted by molar-refractivity contribution is 7.99. The number of anilines is 1. The third kappa shape index (κ3) is 2.31. The fourth-order valence-electron chi connectivity index (χ4n) is 2.31. The largest absolute Gasteiger partial charge is 0.384 e. The van der Waals surface area contributed by atoms with E-state index < -0.39 is 0 Å². The molecule has 19 heavy (non-hydrogen) atoms. The molecule has 0 amide bonds. The Bertz CT molecular complexity index is 624. The van der Waals surface area contributed by atoms with Crippen molar-refractivity contribution in [1.29, 1.82) is 5.41 Å². The molecule has 1 atom stereocenters. The van der Waals surface area contributed by atoms with E-state index in [2.05, 4.69) is 23.5 Å². The van der Waals surface area contributed by atoms with Gasteiger partial charge in [-0.15, -0.1) is 11.8 Å². The van der Waals surface area contributed by atoms with Crippen LogP contribution in [-0.2, 0) is 0 Å². The molecule has 0 radical (unpaired) electrons. The number of rotatable bonds is 2. The maximum atomic E-state index is 7.69. The first-order valence-electron chi connectivity index (χ1n) is 6.18. The van der Waals surface area contributed by atoms with Crippen LogP contribution in [0.1, 0.15) is 16.4 Å². The van der Waals surface area contributed by atoms with Gasteiger partial charge in [0, 0.05) is 22.7 Å². The minimum Gasteiger partial charge on any atom is -0.384 e. The second kappa shape index (κ2) is 4.97. The number of fused-ring (bicyclic) bond motifs is 1. The molecule has 0 saturated carbocycles. The van der Waals surface area contributed by atoms with E-state index in [4.69, 9.17) is 11.1 Å². The number of nitrogens with two attached hydrogens (primary N) is 1. The van der Waals surface area contributed by atoms with E-state index in [1.54, 1.807) is 0 Å². The second-order valence-electron chi connectivity index (χ2n) is 4.48. The van der Waals surface area contributed by atoms with E-state index >= 15 is 0 Å². The highest BCUT2D eigenvalue weighted by atomic mass is 32.2. The molecule has 0 saturated heterocycles. The minimum absolute atomic E-state index is 0.134. The Kier molecular flexibility index (Phi) is 3.17. The molecular weight excluding hydrogens is 254 g/mol. The van der Waals surface area contributed by atoms with Crippen LogP contribution in [0, 0.1) is 5.41 Å². The number of nitrogen functional groups attached to an aromatic ring is 1. The van der Waals surface area contributed by atoms with Gasteiger partial charge in [0.1, 0.15) is 5.84 Å². The molecule has 3 nitrogen and oxygen atoms in total. The summed E-state index contributed by atoms with van der Waals surface area (Å²) in [6, 6.07) is 16.2.